The highest BCUT2D eigenvalue weighted by Crippen LogP contribution is 2.51. The normalized spacial score (nSPS) is 18.6. The Bertz CT molecular complexity index is 1980. The number of amides is 1. The van der Waals surface area contributed by atoms with E-state index in [1.165, 1.54) is 18.7 Å². The van der Waals surface area contributed by atoms with Gasteiger partial charge in [-0.2, -0.15) is 0 Å². The van der Waals surface area contributed by atoms with Gasteiger partial charge in [-0.1, -0.05) is 18.6 Å². The van der Waals surface area contributed by atoms with Crippen LogP contribution < -0.4 is 15.2 Å². The molecule has 0 spiro atoms. The summed E-state index contributed by atoms with van der Waals surface area (Å²) in [7, 11) is -1.61. The van der Waals surface area contributed by atoms with Crippen LogP contribution in [0, 0.1) is 36.5 Å². The first-order valence-corrected chi connectivity index (χ1v) is 16.7. The maximum absolute atomic E-state index is 12.1. The minimum Gasteiger partial charge on any atom is -0.496 e. The molecule has 12 heteroatoms. The minimum absolute atomic E-state index is 0.0116. The monoisotopic (exact) mass is 626 g/mol. The van der Waals surface area contributed by atoms with Crippen molar-refractivity contribution in [3.05, 3.63) is 66.8 Å². The van der Waals surface area contributed by atoms with E-state index in [0.29, 0.717) is 83.1 Å². The van der Waals surface area contributed by atoms with Crippen molar-refractivity contribution < 1.29 is 22.7 Å². The Morgan fingerprint density at radius 3 is 2.67 bits per heavy atom. The molecule has 45 heavy (non-hydrogen) atoms. The molecule has 232 valence electrons. The Hall–Kier alpha value is -4.89. The number of anilines is 1. The number of carbonyl (C=O) groups is 1. The van der Waals surface area contributed by atoms with Gasteiger partial charge in [0.1, 0.15) is 44.8 Å². The number of aromatic nitrogens is 4. The van der Waals surface area contributed by atoms with Crippen molar-refractivity contribution in [2.24, 2.45) is 17.8 Å². The summed E-state index contributed by atoms with van der Waals surface area (Å²) in [4.78, 5) is 27.2. The predicted octanol–water partition coefficient (Wildman–Crippen LogP) is 3.86. The van der Waals surface area contributed by atoms with Crippen molar-refractivity contribution in [3.8, 4) is 40.3 Å². The molecule has 0 unspecified atom stereocenters. The highest BCUT2D eigenvalue weighted by atomic mass is 32.2. The number of likely N-dealkylation sites (tertiary alicyclic amines) is 1. The third-order valence-corrected chi connectivity index (χ3v) is 9.36. The van der Waals surface area contributed by atoms with Gasteiger partial charge in [0.05, 0.1) is 18.2 Å². The van der Waals surface area contributed by atoms with E-state index in [9.17, 15) is 13.2 Å². The standard InChI is InChI=1S/C33H34N6O5S/c1-5-29(40)38-17-24-22(25(24)18-38)12-13-26-30(31-32(34)35-19-36-33(31)39(26)14-7-15-45(4,41)42)23-11-10-21(16-27(23)43-3)44-28-9-6-8-20(2)37-28/h5-6,8-11,16,19,22,24-25H,1,7,14-15,17-18H2,2-4H3,(H2,34,35,36)/t22-,24-,25+. The number of fused-ring (bicyclic) bond motifs is 2. The lowest BCUT2D eigenvalue weighted by Crippen LogP contribution is -2.29. The first kappa shape index (κ1) is 30.1. The summed E-state index contributed by atoms with van der Waals surface area (Å²) in [6.45, 7) is 7.15. The zero-order valence-electron chi connectivity index (χ0n) is 25.4. The minimum atomic E-state index is -3.18. The molecule has 1 aliphatic carbocycles. The second-order valence-corrected chi connectivity index (χ2v) is 13.7. The Balaban J connectivity index is 1.44. The molecule has 4 aromatic rings. The van der Waals surface area contributed by atoms with E-state index < -0.39 is 9.84 Å². The van der Waals surface area contributed by atoms with Crippen molar-refractivity contribution in [1.82, 2.24) is 24.4 Å². The number of benzene rings is 1. The van der Waals surface area contributed by atoms with Gasteiger partial charge in [-0.15, -0.1) is 0 Å². The van der Waals surface area contributed by atoms with E-state index >= 15 is 0 Å². The fourth-order valence-electron chi connectivity index (χ4n) is 6.13. The van der Waals surface area contributed by atoms with Crippen LogP contribution in [0.2, 0.25) is 0 Å². The number of pyridine rings is 1. The van der Waals surface area contributed by atoms with Gasteiger partial charge in [0.15, 0.2) is 0 Å². The molecule has 3 atom stereocenters. The first-order valence-electron chi connectivity index (χ1n) is 14.6. The fraction of sp³-hybridized carbons (Fsp3) is 0.333. The number of sulfone groups is 1. The largest absolute Gasteiger partial charge is 0.496 e. The SMILES string of the molecule is C=CC(=O)N1C[C@@H]2[C@@H](C#Cc3c(-c4ccc(Oc5cccc(C)n5)cc4OC)c4c(N)ncnc4n3CCCS(C)(=O)=O)[C@@H]2C1. The number of hydrogen-bond acceptors (Lipinski definition) is 9. The quantitative estimate of drug-likeness (QED) is 0.216. The zero-order valence-corrected chi connectivity index (χ0v) is 26.2. The van der Waals surface area contributed by atoms with Gasteiger partial charge in [-0.3, -0.25) is 4.79 Å². The number of methoxy groups -OCH3 is 1. The molecule has 6 rings (SSSR count). The maximum atomic E-state index is 12.1. The summed E-state index contributed by atoms with van der Waals surface area (Å²) in [6, 6.07) is 11.0. The average Bonchev–Trinajstić information content (AvgIpc) is 3.30. The number of nitrogens with two attached hydrogens (primary N) is 1. The van der Waals surface area contributed by atoms with Crippen LogP contribution in [0.1, 0.15) is 17.8 Å². The smallest absolute Gasteiger partial charge is 0.245 e. The van der Waals surface area contributed by atoms with E-state index in [4.69, 9.17) is 15.2 Å². The molecule has 4 heterocycles. The molecule has 11 nitrogen and oxygen atoms in total. The van der Waals surface area contributed by atoms with E-state index in [-0.39, 0.29) is 23.4 Å². The topological polar surface area (TPSA) is 143 Å². The fourth-order valence-corrected chi connectivity index (χ4v) is 6.78. The van der Waals surface area contributed by atoms with Gasteiger partial charge in [-0.05, 0) is 55.4 Å². The van der Waals surface area contributed by atoms with Crippen LogP contribution in [0.25, 0.3) is 22.2 Å². The second-order valence-electron chi connectivity index (χ2n) is 11.5. The summed E-state index contributed by atoms with van der Waals surface area (Å²) < 4.78 is 37.8. The number of rotatable bonds is 9. The number of carbonyl (C=O) groups excluding carboxylic acids is 1. The van der Waals surface area contributed by atoms with Gasteiger partial charge in [-0.25, -0.2) is 23.4 Å². The molecule has 1 saturated heterocycles. The molecule has 3 aromatic heterocycles. The highest BCUT2D eigenvalue weighted by molar-refractivity contribution is 7.90. The van der Waals surface area contributed by atoms with Crippen LogP contribution >= 0.6 is 0 Å². The van der Waals surface area contributed by atoms with Crippen molar-refractivity contribution in [2.75, 3.05) is 37.9 Å². The molecule has 1 aliphatic heterocycles. The van der Waals surface area contributed by atoms with Crippen molar-refractivity contribution >= 4 is 32.6 Å². The van der Waals surface area contributed by atoms with Crippen molar-refractivity contribution in [3.63, 3.8) is 0 Å². The summed E-state index contributed by atoms with van der Waals surface area (Å²) in [5, 5.41) is 0.604. The molecule has 1 saturated carbocycles. The van der Waals surface area contributed by atoms with Gasteiger partial charge < -0.3 is 24.7 Å². The molecular formula is C33H34N6O5S. The third kappa shape index (κ3) is 6.08. The van der Waals surface area contributed by atoms with Gasteiger partial charge in [0, 0.05) is 60.8 Å². The average molecular weight is 627 g/mol. The Morgan fingerprint density at radius 1 is 1.20 bits per heavy atom. The lowest BCUT2D eigenvalue weighted by Gasteiger charge is -2.16. The van der Waals surface area contributed by atoms with Gasteiger partial charge >= 0.3 is 0 Å². The van der Waals surface area contributed by atoms with E-state index in [1.54, 1.807) is 19.2 Å². The Labute approximate surface area is 262 Å². The summed E-state index contributed by atoms with van der Waals surface area (Å²) in [6.07, 6.45) is 4.33. The molecule has 2 aliphatic rings. The molecule has 2 fully saturated rings. The molecular weight excluding hydrogens is 592 g/mol. The van der Waals surface area contributed by atoms with Crippen LogP contribution in [0.3, 0.4) is 0 Å². The van der Waals surface area contributed by atoms with Crippen molar-refractivity contribution in [2.45, 2.75) is 19.9 Å². The number of nitrogen functional groups attached to an aromatic ring is 1. The number of ether oxygens (including phenoxy) is 2. The Morgan fingerprint density at radius 2 is 1.98 bits per heavy atom. The van der Waals surface area contributed by atoms with E-state index in [1.807, 2.05) is 40.7 Å². The maximum Gasteiger partial charge on any atom is 0.245 e. The van der Waals surface area contributed by atoms with Crippen LogP contribution in [-0.2, 0) is 21.2 Å². The lowest BCUT2D eigenvalue weighted by molar-refractivity contribution is -0.125. The number of hydrogen-bond donors (Lipinski definition) is 1. The zero-order chi connectivity index (χ0) is 31.9. The predicted molar refractivity (Wildman–Crippen MR) is 171 cm³/mol. The van der Waals surface area contributed by atoms with E-state index in [0.717, 1.165) is 5.69 Å². The Kier molecular flexibility index (Phi) is 7.97. The summed E-state index contributed by atoms with van der Waals surface area (Å²) in [5.41, 5.74) is 9.92. The van der Waals surface area contributed by atoms with Gasteiger partial charge in [0.2, 0.25) is 11.8 Å². The first-order chi connectivity index (χ1) is 21.6. The molecule has 1 amide bonds. The number of piperidine rings is 1. The molecule has 0 radical (unpaired) electrons. The highest BCUT2D eigenvalue weighted by Gasteiger charge is 2.55. The van der Waals surface area contributed by atoms with Crippen LogP contribution in [0.5, 0.6) is 17.4 Å². The molecule has 0 bridgehead atoms. The second kappa shape index (κ2) is 11.9. The molecule has 2 N–H and O–H groups in total. The number of nitrogens with zero attached hydrogens (tertiary/aromatic N) is 5. The van der Waals surface area contributed by atoms with Gasteiger partial charge in [0.25, 0.3) is 0 Å². The number of aryl methyl sites for hydroxylation is 2. The lowest BCUT2D eigenvalue weighted by atomic mass is 10.0. The summed E-state index contributed by atoms with van der Waals surface area (Å²) in [5.74, 6) is 9.36. The van der Waals surface area contributed by atoms with Crippen molar-refractivity contribution in [1.29, 1.82) is 0 Å². The summed E-state index contributed by atoms with van der Waals surface area (Å²) >= 11 is 0. The van der Waals surface area contributed by atoms with Crippen LogP contribution in [-0.4, -0.2) is 71.0 Å². The van der Waals surface area contributed by atoms with Crippen LogP contribution in [0.4, 0.5) is 5.82 Å². The molecule has 1 aromatic carbocycles. The van der Waals surface area contributed by atoms with Crippen LogP contribution in [0.15, 0.2) is 55.4 Å². The third-order valence-electron chi connectivity index (χ3n) is 8.33. The van der Waals surface area contributed by atoms with E-state index in [2.05, 4.69) is 33.4 Å².